The number of aryl methyl sites for hydroxylation is 1. The molecule has 2 heterocycles. The SMILES string of the molecule is O=C(O)C1CCCc2nc(-c3cccc([N+](=O)[O-])c3)nn21. The van der Waals surface area contributed by atoms with Crippen molar-refractivity contribution in [3.05, 3.63) is 40.2 Å². The van der Waals surface area contributed by atoms with Crippen molar-refractivity contribution < 1.29 is 14.8 Å². The van der Waals surface area contributed by atoms with Gasteiger partial charge in [0.05, 0.1) is 4.92 Å². The van der Waals surface area contributed by atoms with Gasteiger partial charge in [-0.2, -0.15) is 0 Å². The minimum absolute atomic E-state index is 0.0462. The number of hydrogen-bond donors (Lipinski definition) is 1. The maximum absolute atomic E-state index is 11.2. The summed E-state index contributed by atoms with van der Waals surface area (Å²) in [5, 5.41) is 24.2. The summed E-state index contributed by atoms with van der Waals surface area (Å²) in [6.45, 7) is 0. The molecule has 0 saturated carbocycles. The molecule has 1 N–H and O–H groups in total. The minimum atomic E-state index is -0.938. The molecule has 0 amide bonds. The van der Waals surface area contributed by atoms with E-state index in [9.17, 15) is 20.0 Å². The smallest absolute Gasteiger partial charge is 0.328 e. The van der Waals surface area contributed by atoms with Gasteiger partial charge in [0.25, 0.3) is 5.69 Å². The van der Waals surface area contributed by atoms with Gasteiger partial charge in [-0.3, -0.25) is 10.1 Å². The van der Waals surface area contributed by atoms with Crippen LogP contribution >= 0.6 is 0 Å². The summed E-state index contributed by atoms with van der Waals surface area (Å²) in [5.74, 6) is -0.0107. The second-order valence-electron chi connectivity index (χ2n) is 4.85. The zero-order valence-electron chi connectivity index (χ0n) is 11.0. The fourth-order valence-electron chi connectivity index (χ4n) is 2.46. The number of aliphatic carboxylic acids is 1. The number of nitrogens with zero attached hydrogens (tertiary/aromatic N) is 4. The molecule has 1 unspecified atom stereocenters. The van der Waals surface area contributed by atoms with Crippen LogP contribution in [-0.4, -0.2) is 30.8 Å². The molecule has 0 radical (unpaired) electrons. The molecule has 1 atom stereocenters. The molecule has 1 aliphatic heterocycles. The Hall–Kier alpha value is -2.77. The normalized spacial score (nSPS) is 17.2. The lowest BCUT2D eigenvalue weighted by atomic mass is 10.1. The number of fused-ring (bicyclic) bond motifs is 1. The average Bonchev–Trinajstić information content (AvgIpc) is 2.91. The lowest BCUT2D eigenvalue weighted by Gasteiger charge is -2.19. The molecule has 21 heavy (non-hydrogen) atoms. The second-order valence-corrected chi connectivity index (χ2v) is 4.85. The first kappa shape index (κ1) is 13.2. The van der Waals surface area contributed by atoms with E-state index in [0.29, 0.717) is 30.1 Å². The van der Waals surface area contributed by atoms with Crippen LogP contribution in [0.25, 0.3) is 11.4 Å². The number of carboxylic acids is 1. The van der Waals surface area contributed by atoms with Crippen molar-refractivity contribution in [2.45, 2.75) is 25.3 Å². The minimum Gasteiger partial charge on any atom is -0.480 e. The van der Waals surface area contributed by atoms with Crippen LogP contribution in [0.1, 0.15) is 24.7 Å². The third kappa shape index (κ3) is 2.35. The third-order valence-corrected chi connectivity index (χ3v) is 3.48. The summed E-state index contributed by atoms with van der Waals surface area (Å²) in [7, 11) is 0. The largest absolute Gasteiger partial charge is 0.480 e. The van der Waals surface area contributed by atoms with Crippen molar-refractivity contribution in [2.24, 2.45) is 0 Å². The van der Waals surface area contributed by atoms with Crippen LogP contribution < -0.4 is 0 Å². The van der Waals surface area contributed by atoms with Gasteiger partial charge in [-0.1, -0.05) is 12.1 Å². The van der Waals surface area contributed by atoms with E-state index in [1.165, 1.54) is 16.8 Å². The fraction of sp³-hybridized carbons (Fsp3) is 0.308. The van der Waals surface area contributed by atoms with Crippen LogP contribution in [0.2, 0.25) is 0 Å². The summed E-state index contributed by atoms with van der Waals surface area (Å²) in [4.78, 5) is 25.9. The first-order chi connectivity index (χ1) is 10.1. The Kier molecular flexibility index (Phi) is 3.13. The van der Waals surface area contributed by atoms with Crippen molar-refractivity contribution in [3.63, 3.8) is 0 Å². The van der Waals surface area contributed by atoms with Gasteiger partial charge >= 0.3 is 5.97 Å². The van der Waals surface area contributed by atoms with Crippen LogP contribution in [0.4, 0.5) is 5.69 Å². The topological polar surface area (TPSA) is 111 Å². The number of carbonyl (C=O) groups is 1. The average molecular weight is 288 g/mol. The van der Waals surface area contributed by atoms with Crippen molar-refractivity contribution >= 4 is 11.7 Å². The zero-order chi connectivity index (χ0) is 15.0. The Morgan fingerprint density at radius 1 is 1.48 bits per heavy atom. The molecule has 0 bridgehead atoms. The molecule has 108 valence electrons. The van der Waals surface area contributed by atoms with E-state index in [4.69, 9.17) is 0 Å². The zero-order valence-corrected chi connectivity index (χ0v) is 11.0. The van der Waals surface area contributed by atoms with Gasteiger partial charge in [0, 0.05) is 24.1 Å². The predicted octanol–water partition coefficient (Wildman–Crippen LogP) is 1.82. The molecule has 1 aliphatic rings. The van der Waals surface area contributed by atoms with Crippen molar-refractivity contribution in [1.29, 1.82) is 0 Å². The number of nitro benzene ring substituents is 1. The molecule has 0 saturated heterocycles. The number of benzene rings is 1. The molecular formula is C13H12N4O4. The Morgan fingerprint density at radius 2 is 2.29 bits per heavy atom. The highest BCUT2D eigenvalue weighted by Gasteiger charge is 2.28. The van der Waals surface area contributed by atoms with Gasteiger partial charge in [0.15, 0.2) is 11.9 Å². The summed E-state index contributed by atoms with van der Waals surface area (Å²) >= 11 is 0. The Bertz CT molecular complexity index is 725. The summed E-state index contributed by atoms with van der Waals surface area (Å²) < 4.78 is 1.42. The Labute approximate surface area is 119 Å². The van der Waals surface area contributed by atoms with Gasteiger partial charge in [-0.05, 0) is 12.8 Å². The van der Waals surface area contributed by atoms with Gasteiger partial charge in [-0.25, -0.2) is 14.5 Å². The number of nitro groups is 1. The number of carboxylic acid groups (broad SMARTS) is 1. The molecular weight excluding hydrogens is 276 g/mol. The van der Waals surface area contributed by atoms with E-state index in [-0.39, 0.29) is 5.69 Å². The summed E-state index contributed by atoms with van der Waals surface area (Å²) in [6, 6.07) is 5.29. The molecule has 0 fully saturated rings. The molecule has 8 nitrogen and oxygen atoms in total. The number of non-ortho nitro benzene ring substituents is 1. The third-order valence-electron chi connectivity index (χ3n) is 3.48. The maximum Gasteiger partial charge on any atom is 0.328 e. The first-order valence-corrected chi connectivity index (χ1v) is 6.49. The van der Waals surface area contributed by atoms with Crippen molar-refractivity contribution in [1.82, 2.24) is 14.8 Å². The summed E-state index contributed by atoms with van der Waals surface area (Å²) in [5.41, 5.74) is 0.463. The molecule has 8 heteroatoms. The monoisotopic (exact) mass is 288 g/mol. The van der Waals surface area contributed by atoms with Gasteiger partial charge < -0.3 is 5.11 Å². The summed E-state index contributed by atoms with van der Waals surface area (Å²) in [6.07, 6.45) is 1.91. The number of rotatable bonds is 3. The van der Waals surface area contributed by atoms with E-state index >= 15 is 0 Å². The van der Waals surface area contributed by atoms with Gasteiger partial charge in [0.1, 0.15) is 5.82 Å². The van der Waals surface area contributed by atoms with Crippen molar-refractivity contribution in [3.8, 4) is 11.4 Å². The van der Waals surface area contributed by atoms with E-state index in [1.807, 2.05) is 0 Å². The molecule has 0 aliphatic carbocycles. The van der Waals surface area contributed by atoms with Crippen molar-refractivity contribution in [2.75, 3.05) is 0 Å². The van der Waals surface area contributed by atoms with Crippen LogP contribution in [0.15, 0.2) is 24.3 Å². The Balaban J connectivity index is 2.03. The Morgan fingerprint density at radius 3 is 3.00 bits per heavy atom. The fourth-order valence-corrected chi connectivity index (χ4v) is 2.46. The highest BCUT2D eigenvalue weighted by atomic mass is 16.6. The molecule has 2 aromatic rings. The van der Waals surface area contributed by atoms with Crippen LogP contribution in [0.3, 0.4) is 0 Å². The molecule has 1 aromatic carbocycles. The second kappa shape index (κ2) is 4.97. The van der Waals surface area contributed by atoms with Crippen LogP contribution in [0, 0.1) is 10.1 Å². The standard InChI is InChI=1S/C13H12N4O4/c18-13(19)10-5-2-6-11-14-12(15-16(10)11)8-3-1-4-9(7-8)17(20)21/h1,3-4,7,10H,2,5-6H2,(H,18,19). The van der Waals surface area contributed by atoms with Crippen LogP contribution in [0.5, 0.6) is 0 Å². The van der Waals surface area contributed by atoms with Gasteiger partial charge in [0.2, 0.25) is 0 Å². The maximum atomic E-state index is 11.2. The number of aromatic nitrogens is 3. The highest BCUT2D eigenvalue weighted by molar-refractivity contribution is 5.72. The predicted molar refractivity (Wildman–Crippen MR) is 71.7 cm³/mol. The number of hydrogen-bond acceptors (Lipinski definition) is 5. The quantitative estimate of drug-likeness (QED) is 0.681. The van der Waals surface area contributed by atoms with E-state index < -0.39 is 16.9 Å². The lowest BCUT2D eigenvalue weighted by Crippen LogP contribution is -2.25. The molecule has 1 aromatic heterocycles. The van der Waals surface area contributed by atoms with E-state index in [2.05, 4.69) is 10.1 Å². The highest BCUT2D eigenvalue weighted by Crippen LogP contribution is 2.27. The molecule has 0 spiro atoms. The molecule has 3 rings (SSSR count). The first-order valence-electron chi connectivity index (χ1n) is 6.49. The van der Waals surface area contributed by atoms with Gasteiger partial charge in [-0.15, -0.1) is 5.10 Å². The van der Waals surface area contributed by atoms with E-state index in [1.54, 1.807) is 12.1 Å². The lowest BCUT2D eigenvalue weighted by molar-refractivity contribution is -0.384. The van der Waals surface area contributed by atoms with E-state index in [0.717, 1.165) is 6.42 Å². The van der Waals surface area contributed by atoms with Crippen LogP contribution in [-0.2, 0) is 11.2 Å².